The quantitative estimate of drug-likeness (QED) is 0.302. The summed E-state index contributed by atoms with van der Waals surface area (Å²) in [5, 5.41) is 11.3. The van der Waals surface area contributed by atoms with Gasteiger partial charge in [-0.1, -0.05) is 72.3 Å². The number of carbonyl (C=O) groups excluding carboxylic acids is 2. The first kappa shape index (κ1) is 24.1. The van der Waals surface area contributed by atoms with E-state index in [1.807, 2.05) is 0 Å². The molecule has 0 spiro atoms. The van der Waals surface area contributed by atoms with E-state index in [4.69, 9.17) is 0 Å². The van der Waals surface area contributed by atoms with Crippen LogP contribution in [0.1, 0.15) is 79.1 Å². The van der Waals surface area contributed by atoms with Crippen LogP contribution in [-0.4, -0.2) is 11.8 Å². The van der Waals surface area contributed by atoms with Crippen LogP contribution in [0.15, 0.2) is 12.2 Å². The minimum Gasteiger partial charge on any atom is -0.550 e. The van der Waals surface area contributed by atoms with Crippen molar-refractivity contribution in [1.29, 1.82) is 0 Å². The van der Waals surface area contributed by atoms with E-state index in [9.17, 15) is 14.7 Å². The molecule has 0 aromatic heterocycles. The van der Waals surface area contributed by atoms with Gasteiger partial charge in [0.2, 0.25) is 0 Å². The molecule has 0 radical (unpaired) electrons. The molecule has 1 atom stereocenters. The standard InChI is InChI=1S/C18H32O3.Na/c1-6-7-8-9-10-11-12-13-15(16(19)14(2)3)18(4,5)17(20)21;/h15H,2,6-13H2,1,3-5H3,(H,20,21);/q;+1/p-1. The Morgan fingerprint density at radius 1 is 1.05 bits per heavy atom. The van der Waals surface area contributed by atoms with Crippen molar-refractivity contribution in [3.8, 4) is 0 Å². The maximum Gasteiger partial charge on any atom is 1.00 e. The summed E-state index contributed by atoms with van der Waals surface area (Å²) in [5.74, 6) is -1.84. The number of ketones is 1. The third kappa shape index (κ3) is 8.50. The van der Waals surface area contributed by atoms with Crippen LogP contribution in [0.3, 0.4) is 0 Å². The molecule has 0 saturated carbocycles. The third-order valence-electron chi connectivity index (χ3n) is 4.23. The van der Waals surface area contributed by atoms with Crippen molar-refractivity contribution >= 4 is 11.8 Å². The number of hydrogen-bond donors (Lipinski definition) is 0. The molecule has 4 heteroatoms. The number of hydrogen-bond acceptors (Lipinski definition) is 3. The molecule has 22 heavy (non-hydrogen) atoms. The summed E-state index contributed by atoms with van der Waals surface area (Å²) in [5.41, 5.74) is -0.713. The molecule has 3 nitrogen and oxygen atoms in total. The monoisotopic (exact) mass is 318 g/mol. The van der Waals surface area contributed by atoms with Gasteiger partial charge in [-0.15, -0.1) is 0 Å². The Balaban J connectivity index is 0. The van der Waals surface area contributed by atoms with Crippen LogP contribution < -0.4 is 34.7 Å². The maximum atomic E-state index is 12.2. The second kappa shape index (κ2) is 12.3. The van der Waals surface area contributed by atoms with Crippen molar-refractivity contribution in [2.75, 3.05) is 0 Å². The molecule has 0 saturated heterocycles. The molecule has 0 bridgehead atoms. The smallest absolute Gasteiger partial charge is 0.550 e. The summed E-state index contributed by atoms with van der Waals surface area (Å²) in [6.07, 6.45) is 8.66. The number of aliphatic carboxylic acids is 1. The van der Waals surface area contributed by atoms with Crippen molar-refractivity contribution in [3.63, 3.8) is 0 Å². The van der Waals surface area contributed by atoms with E-state index in [-0.39, 0.29) is 35.3 Å². The Bertz CT molecular complexity index is 361. The third-order valence-corrected chi connectivity index (χ3v) is 4.23. The van der Waals surface area contributed by atoms with E-state index in [0.29, 0.717) is 12.0 Å². The van der Waals surface area contributed by atoms with Crippen LogP contribution in [0.5, 0.6) is 0 Å². The minimum absolute atomic E-state index is 0. The van der Waals surface area contributed by atoms with E-state index in [2.05, 4.69) is 13.5 Å². The molecule has 0 aromatic rings. The SMILES string of the molecule is C=C(C)C(=O)C(CCCCCCCCC)C(C)(C)C(=O)[O-].[Na+]. The largest absolute Gasteiger partial charge is 1.00 e. The first-order chi connectivity index (χ1) is 9.75. The average Bonchev–Trinajstić information content (AvgIpc) is 2.40. The van der Waals surface area contributed by atoms with Gasteiger partial charge in [0.15, 0.2) is 5.78 Å². The molecule has 0 fully saturated rings. The maximum absolute atomic E-state index is 12.2. The zero-order chi connectivity index (χ0) is 16.5. The average molecular weight is 318 g/mol. The van der Waals surface area contributed by atoms with Crippen molar-refractivity contribution < 1.29 is 44.3 Å². The first-order valence-corrected chi connectivity index (χ1v) is 8.16. The Hall–Kier alpha value is -0.120. The Labute approximate surface area is 158 Å². The van der Waals surface area contributed by atoms with Crippen LogP contribution in [0.25, 0.3) is 0 Å². The van der Waals surface area contributed by atoms with E-state index in [1.54, 1.807) is 20.8 Å². The molecular weight excluding hydrogens is 287 g/mol. The molecule has 0 amide bonds. The fourth-order valence-electron chi connectivity index (χ4n) is 2.56. The number of unbranched alkanes of at least 4 members (excludes halogenated alkanes) is 6. The second-order valence-electron chi connectivity index (χ2n) is 6.62. The molecular formula is C18H31NaO3. The van der Waals surface area contributed by atoms with Gasteiger partial charge in [0.05, 0.1) is 0 Å². The summed E-state index contributed by atoms with van der Waals surface area (Å²) in [4.78, 5) is 23.5. The number of carboxylic acids is 1. The number of rotatable bonds is 12. The fraction of sp³-hybridized carbons (Fsp3) is 0.778. The molecule has 1 unspecified atom stereocenters. The molecule has 0 N–H and O–H groups in total. The van der Waals surface area contributed by atoms with Crippen molar-refractivity contribution in [2.24, 2.45) is 11.3 Å². The number of carboxylic acid groups (broad SMARTS) is 1. The van der Waals surface area contributed by atoms with Gasteiger partial charge in [-0.3, -0.25) is 4.79 Å². The van der Waals surface area contributed by atoms with Gasteiger partial charge in [0.25, 0.3) is 0 Å². The summed E-state index contributed by atoms with van der Waals surface area (Å²) in [7, 11) is 0. The topological polar surface area (TPSA) is 57.2 Å². The van der Waals surface area contributed by atoms with Crippen LogP contribution >= 0.6 is 0 Å². The molecule has 0 aliphatic rings. The van der Waals surface area contributed by atoms with Crippen LogP contribution in [0.4, 0.5) is 0 Å². The van der Waals surface area contributed by atoms with Crippen LogP contribution in [0.2, 0.25) is 0 Å². The van der Waals surface area contributed by atoms with Crippen molar-refractivity contribution in [1.82, 2.24) is 0 Å². The summed E-state index contributed by atoms with van der Waals surface area (Å²) >= 11 is 0. The zero-order valence-electron chi connectivity index (χ0n) is 15.2. The van der Waals surface area contributed by atoms with E-state index in [0.717, 1.165) is 19.3 Å². The number of carbonyl (C=O) groups is 2. The summed E-state index contributed by atoms with van der Waals surface area (Å²) in [6.45, 7) is 10.7. The van der Waals surface area contributed by atoms with Crippen LogP contribution in [-0.2, 0) is 9.59 Å². The van der Waals surface area contributed by atoms with Gasteiger partial charge in [-0.2, -0.15) is 0 Å². The van der Waals surface area contributed by atoms with E-state index in [1.165, 1.54) is 25.7 Å². The zero-order valence-corrected chi connectivity index (χ0v) is 17.2. The van der Waals surface area contributed by atoms with Gasteiger partial charge in [0, 0.05) is 17.3 Å². The summed E-state index contributed by atoms with van der Waals surface area (Å²) in [6, 6.07) is 0. The van der Waals surface area contributed by atoms with Gasteiger partial charge in [-0.05, 0) is 18.9 Å². The van der Waals surface area contributed by atoms with Gasteiger partial charge >= 0.3 is 29.6 Å². The first-order valence-electron chi connectivity index (χ1n) is 8.16. The van der Waals surface area contributed by atoms with E-state index < -0.39 is 17.3 Å². The molecule has 0 rings (SSSR count). The molecule has 0 aromatic carbocycles. The minimum atomic E-state index is -1.16. The van der Waals surface area contributed by atoms with Crippen molar-refractivity contribution in [2.45, 2.75) is 79.1 Å². The van der Waals surface area contributed by atoms with Gasteiger partial charge in [0.1, 0.15) is 0 Å². The second-order valence-corrected chi connectivity index (χ2v) is 6.62. The normalized spacial score (nSPS) is 12.4. The number of allylic oxidation sites excluding steroid dienone is 1. The van der Waals surface area contributed by atoms with Crippen molar-refractivity contribution in [3.05, 3.63) is 12.2 Å². The fourth-order valence-corrected chi connectivity index (χ4v) is 2.56. The predicted octanol–water partition coefficient (Wildman–Crippen LogP) is 0.669. The number of Topliss-reactive ketones (excluding diaryl/α,β-unsaturated/α-hetero) is 1. The molecule has 122 valence electrons. The molecule has 0 aliphatic carbocycles. The summed E-state index contributed by atoms with van der Waals surface area (Å²) < 4.78 is 0. The Morgan fingerprint density at radius 2 is 1.50 bits per heavy atom. The molecule has 0 aliphatic heterocycles. The predicted molar refractivity (Wildman–Crippen MR) is 84.7 cm³/mol. The van der Waals surface area contributed by atoms with E-state index >= 15 is 0 Å². The Morgan fingerprint density at radius 3 is 1.91 bits per heavy atom. The Kier molecular flexibility index (Phi) is 13.5. The molecule has 0 heterocycles. The van der Waals surface area contributed by atoms with Gasteiger partial charge < -0.3 is 9.90 Å². The van der Waals surface area contributed by atoms with Gasteiger partial charge in [-0.25, -0.2) is 0 Å². The van der Waals surface area contributed by atoms with Crippen LogP contribution in [0, 0.1) is 11.3 Å².